The largest absolute Gasteiger partial charge is 0.361 e. The van der Waals surface area contributed by atoms with Crippen LogP contribution in [0.15, 0.2) is 73.1 Å². The van der Waals surface area contributed by atoms with E-state index in [1.165, 1.54) is 33.0 Å². The minimum atomic E-state index is -0.216. The number of benzene rings is 3. The Morgan fingerprint density at radius 3 is 1.68 bits per heavy atom. The van der Waals surface area contributed by atoms with Crippen LogP contribution >= 0.6 is 0 Å². The summed E-state index contributed by atoms with van der Waals surface area (Å²) >= 11 is 0. The van der Waals surface area contributed by atoms with Crippen LogP contribution in [0.5, 0.6) is 0 Å². The van der Waals surface area contributed by atoms with E-state index in [1.807, 2.05) is 12.1 Å². The standard InChI is InChI=1S/C25H21FN2/c1-15-3-9-23-19(11-15)21(13-27-23)25(17-5-7-18(26)8-6-17)22-14-28-24-10-4-16(2)12-20(22)24/h3-14,25,27-28H,1-2H3. The normalized spacial score (nSPS) is 11.7. The molecule has 5 rings (SSSR count). The lowest BCUT2D eigenvalue weighted by atomic mass is 9.84. The van der Waals surface area contributed by atoms with Crippen LogP contribution in [0.4, 0.5) is 4.39 Å². The summed E-state index contributed by atoms with van der Waals surface area (Å²) in [6, 6.07) is 19.8. The molecule has 0 saturated heterocycles. The van der Waals surface area contributed by atoms with Gasteiger partial charge in [-0.25, -0.2) is 4.39 Å². The van der Waals surface area contributed by atoms with E-state index in [4.69, 9.17) is 0 Å². The van der Waals surface area contributed by atoms with Crippen molar-refractivity contribution in [1.29, 1.82) is 0 Å². The highest BCUT2D eigenvalue weighted by Crippen LogP contribution is 2.39. The third kappa shape index (κ3) is 2.71. The van der Waals surface area contributed by atoms with Crippen LogP contribution in [0.1, 0.15) is 33.7 Å². The molecule has 2 aromatic heterocycles. The summed E-state index contributed by atoms with van der Waals surface area (Å²) in [7, 11) is 0. The molecule has 0 aliphatic rings. The quantitative estimate of drug-likeness (QED) is 0.360. The van der Waals surface area contributed by atoms with E-state index in [0.717, 1.165) is 16.6 Å². The number of nitrogens with one attached hydrogen (secondary N) is 2. The van der Waals surface area contributed by atoms with E-state index in [2.05, 4.69) is 72.6 Å². The fourth-order valence-corrected chi connectivity index (χ4v) is 4.17. The van der Waals surface area contributed by atoms with Gasteiger partial charge in [0.05, 0.1) is 0 Å². The lowest BCUT2D eigenvalue weighted by molar-refractivity contribution is 0.627. The van der Waals surface area contributed by atoms with Crippen molar-refractivity contribution in [3.05, 3.63) is 107 Å². The number of aromatic nitrogens is 2. The van der Waals surface area contributed by atoms with Crippen LogP contribution in [0, 0.1) is 19.7 Å². The topological polar surface area (TPSA) is 31.6 Å². The summed E-state index contributed by atoms with van der Waals surface area (Å²) in [5.41, 5.74) is 8.15. The van der Waals surface area contributed by atoms with Gasteiger partial charge >= 0.3 is 0 Å². The summed E-state index contributed by atoms with van der Waals surface area (Å²) in [6.07, 6.45) is 4.18. The second-order valence-corrected chi connectivity index (χ2v) is 7.57. The Balaban J connectivity index is 1.81. The summed E-state index contributed by atoms with van der Waals surface area (Å²) in [4.78, 5) is 6.83. The second-order valence-electron chi connectivity index (χ2n) is 7.57. The molecule has 2 N–H and O–H groups in total. The van der Waals surface area contributed by atoms with Gasteiger partial charge in [0.25, 0.3) is 0 Å². The highest BCUT2D eigenvalue weighted by atomic mass is 19.1. The van der Waals surface area contributed by atoms with Crippen molar-refractivity contribution in [3.63, 3.8) is 0 Å². The molecule has 0 atom stereocenters. The Morgan fingerprint density at radius 1 is 0.679 bits per heavy atom. The highest BCUT2D eigenvalue weighted by molar-refractivity contribution is 5.89. The van der Waals surface area contributed by atoms with Gasteiger partial charge in [-0.3, -0.25) is 0 Å². The maximum absolute atomic E-state index is 13.6. The van der Waals surface area contributed by atoms with Crippen molar-refractivity contribution in [2.45, 2.75) is 19.8 Å². The first-order valence-electron chi connectivity index (χ1n) is 9.51. The Labute approximate surface area is 163 Å². The first-order chi connectivity index (χ1) is 13.6. The van der Waals surface area contributed by atoms with Crippen LogP contribution in [-0.4, -0.2) is 9.97 Å². The SMILES string of the molecule is Cc1ccc2[nH]cc(C(c3ccc(F)cc3)c3c[nH]c4ccc(C)cc34)c2c1. The zero-order valence-corrected chi connectivity index (χ0v) is 15.9. The molecule has 2 heterocycles. The molecule has 0 bridgehead atoms. The van der Waals surface area contributed by atoms with E-state index in [1.54, 1.807) is 12.1 Å². The minimum Gasteiger partial charge on any atom is -0.361 e. The Hall–Kier alpha value is -3.33. The number of aromatic amines is 2. The number of hydrogen-bond donors (Lipinski definition) is 2. The number of H-pyrrole nitrogens is 2. The fourth-order valence-electron chi connectivity index (χ4n) is 4.17. The van der Waals surface area contributed by atoms with E-state index in [-0.39, 0.29) is 11.7 Å². The van der Waals surface area contributed by atoms with Crippen molar-refractivity contribution in [3.8, 4) is 0 Å². The van der Waals surface area contributed by atoms with Crippen LogP contribution in [0.3, 0.4) is 0 Å². The summed E-state index contributed by atoms with van der Waals surface area (Å²) in [5, 5.41) is 2.41. The van der Waals surface area contributed by atoms with E-state index in [9.17, 15) is 4.39 Å². The molecule has 0 saturated carbocycles. The molecule has 3 heteroatoms. The lowest BCUT2D eigenvalue weighted by Gasteiger charge is -2.18. The monoisotopic (exact) mass is 368 g/mol. The molecular formula is C25H21FN2. The molecule has 0 radical (unpaired) electrons. The fraction of sp³-hybridized carbons (Fsp3) is 0.120. The minimum absolute atomic E-state index is 0.00620. The zero-order chi connectivity index (χ0) is 19.3. The number of fused-ring (bicyclic) bond motifs is 2. The molecule has 138 valence electrons. The molecule has 3 aromatic carbocycles. The molecule has 28 heavy (non-hydrogen) atoms. The van der Waals surface area contributed by atoms with E-state index < -0.39 is 0 Å². The maximum atomic E-state index is 13.6. The Kier molecular flexibility index (Phi) is 3.83. The molecule has 0 spiro atoms. The van der Waals surface area contributed by atoms with Gasteiger partial charge in [0.2, 0.25) is 0 Å². The second kappa shape index (κ2) is 6.38. The van der Waals surface area contributed by atoms with Gasteiger partial charge in [-0.1, -0.05) is 35.4 Å². The number of aryl methyl sites for hydroxylation is 2. The predicted molar refractivity (Wildman–Crippen MR) is 113 cm³/mol. The average molecular weight is 368 g/mol. The van der Waals surface area contributed by atoms with Crippen LogP contribution < -0.4 is 0 Å². The van der Waals surface area contributed by atoms with Gasteiger partial charge in [-0.05, 0) is 66.9 Å². The third-order valence-electron chi connectivity index (χ3n) is 5.56. The summed E-state index contributed by atoms with van der Waals surface area (Å²) < 4.78 is 13.6. The molecule has 5 aromatic rings. The van der Waals surface area contributed by atoms with Crippen molar-refractivity contribution in [2.24, 2.45) is 0 Å². The molecular weight excluding hydrogens is 347 g/mol. The number of hydrogen-bond acceptors (Lipinski definition) is 0. The van der Waals surface area contributed by atoms with Crippen molar-refractivity contribution >= 4 is 21.8 Å². The molecule has 0 fully saturated rings. The molecule has 0 amide bonds. The third-order valence-corrected chi connectivity index (χ3v) is 5.56. The van der Waals surface area contributed by atoms with E-state index in [0.29, 0.717) is 0 Å². The van der Waals surface area contributed by atoms with Crippen molar-refractivity contribution < 1.29 is 4.39 Å². The summed E-state index contributed by atoms with van der Waals surface area (Å²) in [5.74, 6) is -0.209. The van der Waals surface area contributed by atoms with Crippen molar-refractivity contribution in [2.75, 3.05) is 0 Å². The lowest BCUT2D eigenvalue weighted by Crippen LogP contribution is -2.02. The first kappa shape index (κ1) is 16.8. The van der Waals surface area contributed by atoms with E-state index >= 15 is 0 Å². The molecule has 0 aliphatic carbocycles. The zero-order valence-electron chi connectivity index (χ0n) is 15.9. The maximum Gasteiger partial charge on any atom is 0.123 e. The molecule has 2 nitrogen and oxygen atoms in total. The predicted octanol–water partition coefficient (Wildman–Crippen LogP) is 6.59. The van der Waals surface area contributed by atoms with Crippen LogP contribution in [-0.2, 0) is 0 Å². The van der Waals surface area contributed by atoms with Gasteiger partial charge in [0.15, 0.2) is 0 Å². The van der Waals surface area contributed by atoms with Gasteiger partial charge in [-0.15, -0.1) is 0 Å². The smallest absolute Gasteiger partial charge is 0.123 e. The van der Waals surface area contributed by atoms with Gasteiger partial charge in [0.1, 0.15) is 5.82 Å². The Morgan fingerprint density at radius 2 is 1.18 bits per heavy atom. The van der Waals surface area contributed by atoms with Crippen molar-refractivity contribution in [1.82, 2.24) is 9.97 Å². The summed E-state index contributed by atoms with van der Waals surface area (Å²) in [6.45, 7) is 4.22. The van der Waals surface area contributed by atoms with Gasteiger partial charge in [0, 0.05) is 40.1 Å². The first-order valence-corrected chi connectivity index (χ1v) is 9.51. The molecule has 0 unspecified atom stereocenters. The molecule has 0 aliphatic heterocycles. The van der Waals surface area contributed by atoms with Crippen LogP contribution in [0.25, 0.3) is 21.8 Å². The van der Waals surface area contributed by atoms with Crippen LogP contribution in [0.2, 0.25) is 0 Å². The number of halogens is 1. The average Bonchev–Trinajstić information content (AvgIpc) is 3.28. The highest BCUT2D eigenvalue weighted by Gasteiger charge is 2.23. The number of rotatable bonds is 3. The van der Waals surface area contributed by atoms with Gasteiger partial charge < -0.3 is 9.97 Å². The van der Waals surface area contributed by atoms with Gasteiger partial charge in [-0.2, -0.15) is 0 Å². The Bertz CT molecular complexity index is 1210.